The van der Waals surface area contributed by atoms with Gasteiger partial charge in [-0.3, -0.25) is 0 Å². The third-order valence-electron chi connectivity index (χ3n) is 2.68. The quantitative estimate of drug-likeness (QED) is 0.647. The van der Waals surface area contributed by atoms with Gasteiger partial charge in [0.1, 0.15) is 4.64 Å². The van der Waals surface area contributed by atoms with Gasteiger partial charge in [0, 0.05) is 43.2 Å². The fraction of sp³-hybridized carbons (Fsp3) is 0.300. The van der Waals surface area contributed by atoms with Crippen molar-refractivity contribution in [1.82, 2.24) is 25.3 Å². The highest BCUT2D eigenvalue weighted by molar-refractivity contribution is 7.71. The van der Waals surface area contributed by atoms with E-state index in [9.17, 15) is 0 Å². The summed E-state index contributed by atoms with van der Waals surface area (Å²) >= 11 is 5.29. The molecule has 0 bridgehead atoms. The van der Waals surface area contributed by atoms with E-state index in [0.717, 1.165) is 36.7 Å². The standard InChI is InChI=1S/C10H11N5S/c16-10-6-5-11-2-1-7(6)14-9(15-10)8-12-3-4-13-8/h3-4,11H,1-2,5H2,(H,12,13)(H,14,15,16). The highest BCUT2D eigenvalue weighted by Gasteiger charge is 2.14. The Labute approximate surface area is 97.4 Å². The van der Waals surface area contributed by atoms with Gasteiger partial charge in [0.25, 0.3) is 0 Å². The summed E-state index contributed by atoms with van der Waals surface area (Å²) in [6.07, 6.45) is 4.43. The summed E-state index contributed by atoms with van der Waals surface area (Å²) in [5.74, 6) is 1.45. The first-order valence-electron chi connectivity index (χ1n) is 5.17. The average Bonchev–Trinajstić information content (AvgIpc) is 2.82. The van der Waals surface area contributed by atoms with Crippen LogP contribution in [-0.2, 0) is 13.0 Å². The van der Waals surface area contributed by atoms with Crippen molar-refractivity contribution in [3.05, 3.63) is 28.3 Å². The molecule has 5 nitrogen and oxygen atoms in total. The first kappa shape index (κ1) is 9.68. The van der Waals surface area contributed by atoms with E-state index < -0.39 is 0 Å². The number of hydrogen-bond acceptors (Lipinski definition) is 4. The second-order valence-corrected chi connectivity index (χ2v) is 4.10. The number of H-pyrrole nitrogens is 2. The lowest BCUT2D eigenvalue weighted by atomic mass is 10.1. The van der Waals surface area contributed by atoms with Gasteiger partial charge >= 0.3 is 0 Å². The van der Waals surface area contributed by atoms with Crippen molar-refractivity contribution < 1.29 is 0 Å². The van der Waals surface area contributed by atoms with E-state index >= 15 is 0 Å². The van der Waals surface area contributed by atoms with E-state index in [1.165, 1.54) is 5.69 Å². The van der Waals surface area contributed by atoms with Gasteiger partial charge in [-0.2, -0.15) is 0 Å². The van der Waals surface area contributed by atoms with Gasteiger partial charge in [-0.1, -0.05) is 12.2 Å². The maximum absolute atomic E-state index is 5.29. The van der Waals surface area contributed by atoms with Gasteiger partial charge in [-0.05, 0) is 0 Å². The van der Waals surface area contributed by atoms with Crippen molar-refractivity contribution in [1.29, 1.82) is 0 Å². The normalized spacial score (nSPS) is 14.8. The zero-order chi connectivity index (χ0) is 11.0. The number of fused-ring (bicyclic) bond motifs is 1. The molecule has 0 spiro atoms. The fourth-order valence-corrected chi connectivity index (χ4v) is 2.16. The Morgan fingerprint density at radius 3 is 3.06 bits per heavy atom. The third-order valence-corrected chi connectivity index (χ3v) is 3.02. The predicted octanol–water partition coefficient (Wildman–Crippen LogP) is 1.17. The molecule has 0 radical (unpaired) electrons. The molecule has 0 saturated carbocycles. The molecule has 6 heteroatoms. The topological polar surface area (TPSA) is 69.4 Å². The monoisotopic (exact) mass is 233 g/mol. The molecular weight excluding hydrogens is 222 g/mol. The number of imidazole rings is 1. The van der Waals surface area contributed by atoms with Crippen molar-refractivity contribution in [2.45, 2.75) is 13.0 Å². The van der Waals surface area contributed by atoms with E-state index in [1.807, 2.05) is 0 Å². The summed E-state index contributed by atoms with van der Waals surface area (Å²) in [5, 5.41) is 3.29. The van der Waals surface area contributed by atoms with E-state index in [2.05, 4.69) is 25.3 Å². The average molecular weight is 233 g/mol. The maximum atomic E-state index is 5.29. The Kier molecular flexibility index (Phi) is 2.30. The van der Waals surface area contributed by atoms with Gasteiger partial charge in [0.05, 0.1) is 0 Å². The molecule has 0 fully saturated rings. The molecule has 3 rings (SSSR count). The molecule has 0 atom stereocenters. The van der Waals surface area contributed by atoms with Gasteiger partial charge in [0.15, 0.2) is 11.6 Å². The number of nitrogens with one attached hydrogen (secondary N) is 3. The molecular formula is C10H11N5S. The zero-order valence-electron chi connectivity index (χ0n) is 8.58. The van der Waals surface area contributed by atoms with Crippen LogP contribution in [0.25, 0.3) is 11.6 Å². The van der Waals surface area contributed by atoms with E-state index in [-0.39, 0.29) is 0 Å². The molecule has 82 valence electrons. The van der Waals surface area contributed by atoms with Crippen LogP contribution >= 0.6 is 12.2 Å². The number of nitrogens with zero attached hydrogens (tertiary/aromatic N) is 2. The lowest BCUT2D eigenvalue weighted by Gasteiger charge is -2.17. The summed E-state index contributed by atoms with van der Waals surface area (Å²) in [6, 6.07) is 0. The smallest absolute Gasteiger partial charge is 0.175 e. The van der Waals surface area contributed by atoms with Crippen molar-refractivity contribution in [2.75, 3.05) is 6.54 Å². The minimum atomic E-state index is 0.660. The molecule has 0 aliphatic carbocycles. The van der Waals surface area contributed by atoms with Crippen LogP contribution in [0.3, 0.4) is 0 Å². The number of aromatic amines is 2. The Balaban J connectivity index is 2.16. The number of rotatable bonds is 1. The summed E-state index contributed by atoms with van der Waals surface area (Å²) in [6.45, 7) is 1.77. The minimum absolute atomic E-state index is 0.660. The second-order valence-electron chi connectivity index (χ2n) is 3.71. The van der Waals surface area contributed by atoms with Gasteiger partial charge < -0.3 is 15.3 Å². The molecule has 1 aliphatic heterocycles. The molecule has 2 aromatic heterocycles. The van der Waals surface area contributed by atoms with Crippen LogP contribution in [0.4, 0.5) is 0 Å². The van der Waals surface area contributed by atoms with Crippen LogP contribution in [-0.4, -0.2) is 26.5 Å². The lowest BCUT2D eigenvalue weighted by Crippen LogP contribution is -2.25. The molecule has 1 aliphatic rings. The molecule has 3 heterocycles. The SMILES string of the molecule is S=c1nc(-c2ncc[nH]2)[nH]c2c1CNCC2. The third kappa shape index (κ3) is 1.56. The maximum Gasteiger partial charge on any atom is 0.175 e. The van der Waals surface area contributed by atoms with Crippen LogP contribution in [0.15, 0.2) is 12.4 Å². The summed E-state index contributed by atoms with van der Waals surface area (Å²) in [7, 11) is 0. The summed E-state index contributed by atoms with van der Waals surface area (Å²) < 4.78 is 0.660. The van der Waals surface area contributed by atoms with Crippen LogP contribution in [0, 0.1) is 4.64 Å². The van der Waals surface area contributed by atoms with Crippen molar-refractivity contribution >= 4 is 12.2 Å². The molecule has 0 unspecified atom stereocenters. The molecule has 3 N–H and O–H groups in total. The minimum Gasteiger partial charge on any atom is -0.342 e. The molecule has 16 heavy (non-hydrogen) atoms. The Bertz CT molecular complexity index is 557. The van der Waals surface area contributed by atoms with Crippen LogP contribution in [0.1, 0.15) is 11.3 Å². The predicted molar refractivity (Wildman–Crippen MR) is 62.4 cm³/mol. The van der Waals surface area contributed by atoms with Crippen LogP contribution in [0.5, 0.6) is 0 Å². The highest BCUT2D eigenvalue weighted by Crippen LogP contribution is 2.16. The van der Waals surface area contributed by atoms with Gasteiger partial charge in [-0.15, -0.1) is 0 Å². The van der Waals surface area contributed by atoms with Crippen LogP contribution in [0.2, 0.25) is 0 Å². The van der Waals surface area contributed by atoms with Crippen molar-refractivity contribution in [3.8, 4) is 11.6 Å². The van der Waals surface area contributed by atoms with Gasteiger partial charge in [0.2, 0.25) is 0 Å². The van der Waals surface area contributed by atoms with E-state index in [0.29, 0.717) is 4.64 Å². The first-order valence-corrected chi connectivity index (χ1v) is 5.58. The Hall–Kier alpha value is -1.53. The second kappa shape index (κ2) is 3.80. The number of aromatic nitrogens is 4. The summed E-state index contributed by atoms with van der Waals surface area (Å²) in [4.78, 5) is 14.8. The summed E-state index contributed by atoms with van der Waals surface area (Å²) in [5.41, 5.74) is 2.28. The highest BCUT2D eigenvalue weighted by atomic mass is 32.1. The van der Waals surface area contributed by atoms with E-state index in [1.54, 1.807) is 12.4 Å². The van der Waals surface area contributed by atoms with Gasteiger partial charge in [-0.25, -0.2) is 9.97 Å². The van der Waals surface area contributed by atoms with Crippen LogP contribution < -0.4 is 5.32 Å². The first-order chi connectivity index (χ1) is 7.84. The zero-order valence-corrected chi connectivity index (χ0v) is 9.40. The molecule has 0 aromatic carbocycles. The van der Waals surface area contributed by atoms with Crippen molar-refractivity contribution in [3.63, 3.8) is 0 Å². The molecule has 0 amide bonds. The molecule has 0 saturated heterocycles. The fourth-order valence-electron chi connectivity index (χ4n) is 1.87. The lowest BCUT2D eigenvalue weighted by molar-refractivity contribution is 0.624. The Morgan fingerprint density at radius 2 is 2.25 bits per heavy atom. The Morgan fingerprint density at radius 1 is 1.31 bits per heavy atom. The number of hydrogen-bond donors (Lipinski definition) is 3. The van der Waals surface area contributed by atoms with Crippen molar-refractivity contribution in [2.24, 2.45) is 0 Å². The molecule has 2 aromatic rings. The van der Waals surface area contributed by atoms with E-state index in [4.69, 9.17) is 12.2 Å². The largest absolute Gasteiger partial charge is 0.342 e.